The largest absolute Gasteiger partial charge is 0.399 e. The van der Waals surface area contributed by atoms with Crippen molar-refractivity contribution in [3.63, 3.8) is 0 Å². The average Bonchev–Trinajstić information content (AvgIpc) is 3.15. The smallest absolute Gasteiger partial charge is 0.321 e. The van der Waals surface area contributed by atoms with Gasteiger partial charge < -0.3 is 21.3 Å². The fraction of sp³-hybridized carbons (Fsp3) is 0.263. The van der Waals surface area contributed by atoms with Crippen LogP contribution in [0.3, 0.4) is 0 Å². The molecule has 2 aromatic carbocycles. The highest BCUT2D eigenvalue weighted by Gasteiger charge is 2.17. The lowest BCUT2D eigenvalue weighted by atomic mass is 10.1. The third-order valence-corrected chi connectivity index (χ3v) is 4.17. The number of amides is 3. The van der Waals surface area contributed by atoms with E-state index in [1.807, 2.05) is 29.2 Å². The molecule has 0 unspecified atom stereocenters. The van der Waals surface area contributed by atoms with Crippen LogP contribution in [-0.4, -0.2) is 29.9 Å². The van der Waals surface area contributed by atoms with Crippen LogP contribution in [0.25, 0.3) is 0 Å². The summed E-state index contributed by atoms with van der Waals surface area (Å²) in [6.07, 6.45) is 2.12. The fourth-order valence-corrected chi connectivity index (χ4v) is 2.85. The Hall–Kier alpha value is -2.73. The summed E-state index contributed by atoms with van der Waals surface area (Å²) in [6, 6.07) is 14.3. The summed E-state index contributed by atoms with van der Waals surface area (Å²) in [4.78, 5) is 26.1. The molecule has 3 amide bonds. The van der Waals surface area contributed by atoms with E-state index >= 15 is 0 Å². The van der Waals surface area contributed by atoms with Crippen molar-refractivity contribution in [3.05, 3.63) is 59.7 Å². The molecular weight excluding hydrogens is 352 g/mol. The van der Waals surface area contributed by atoms with Gasteiger partial charge >= 0.3 is 6.03 Å². The lowest BCUT2D eigenvalue weighted by Gasteiger charge is -2.16. The van der Waals surface area contributed by atoms with E-state index in [9.17, 15) is 9.59 Å². The number of benzene rings is 2. The second-order valence-electron chi connectivity index (χ2n) is 6.13. The molecule has 6 nitrogen and oxygen atoms in total. The van der Waals surface area contributed by atoms with Crippen LogP contribution in [-0.2, 0) is 6.54 Å². The van der Waals surface area contributed by atoms with Crippen LogP contribution in [0.5, 0.6) is 0 Å². The quantitative estimate of drug-likeness (QED) is 0.718. The molecule has 4 N–H and O–H groups in total. The van der Waals surface area contributed by atoms with E-state index in [2.05, 4.69) is 10.6 Å². The van der Waals surface area contributed by atoms with Gasteiger partial charge in [-0.05, 0) is 48.7 Å². The lowest BCUT2D eigenvalue weighted by Crippen LogP contribution is -2.32. The molecule has 0 bridgehead atoms. The van der Waals surface area contributed by atoms with Gasteiger partial charge in [0.05, 0.1) is 0 Å². The third kappa shape index (κ3) is 5.13. The number of hydrogen-bond donors (Lipinski definition) is 3. The third-order valence-electron chi connectivity index (χ3n) is 4.17. The Morgan fingerprint density at radius 2 is 1.77 bits per heavy atom. The SMILES string of the molecule is Cl.Nc1cccc(C(=O)NCc2cccc(NC(=O)N3CCCC3)c2)c1. The summed E-state index contributed by atoms with van der Waals surface area (Å²) in [6.45, 7) is 1.99. The van der Waals surface area contributed by atoms with Crippen molar-refractivity contribution in [2.24, 2.45) is 0 Å². The summed E-state index contributed by atoms with van der Waals surface area (Å²) in [5, 5.41) is 5.77. The molecule has 3 rings (SSSR count). The molecule has 1 saturated heterocycles. The molecule has 26 heavy (non-hydrogen) atoms. The molecule has 1 fully saturated rings. The molecule has 0 radical (unpaired) electrons. The van der Waals surface area contributed by atoms with Gasteiger partial charge in [0.1, 0.15) is 0 Å². The van der Waals surface area contributed by atoms with Crippen LogP contribution in [0.15, 0.2) is 48.5 Å². The van der Waals surface area contributed by atoms with Crippen LogP contribution in [0.2, 0.25) is 0 Å². The van der Waals surface area contributed by atoms with E-state index in [0.29, 0.717) is 17.8 Å². The first kappa shape index (κ1) is 19.6. The van der Waals surface area contributed by atoms with Gasteiger partial charge in [0.15, 0.2) is 0 Å². The van der Waals surface area contributed by atoms with Gasteiger partial charge in [-0.3, -0.25) is 4.79 Å². The number of carbonyl (C=O) groups is 2. The standard InChI is InChI=1S/C19H22N4O2.ClH/c20-16-7-4-6-15(12-16)18(24)21-13-14-5-3-8-17(11-14)22-19(25)23-9-1-2-10-23;/h3-8,11-12H,1-2,9-10,13,20H2,(H,21,24)(H,22,25);1H. The number of rotatable bonds is 4. The predicted octanol–water partition coefficient (Wildman–Crippen LogP) is 3.25. The van der Waals surface area contributed by atoms with E-state index in [-0.39, 0.29) is 24.3 Å². The van der Waals surface area contributed by atoms with E-state index in [1.165, 1.54) is 0 Å². The van der Waals surface area contributed by atoms with Crippen molar-refractivity contribution in [1.29, 1.82) is 0 Å². The molecule has 0 saturated carbocycles. The molecule has 7 heteroatoms. The lowest BCUT2D eigenvalue weighted by molar-refractivity contribution is 0.0951. The Morgan fingerprint density at radius 3 is 2.50 bits per heavy atom. The zero-order chi connectivity index (χ0) is 17.6. The van der Waals surface area contributed by atoms with Crippen LogP contribution in [0.1, 0.15) is 28.8 Å². The summed E-state index contributed by atoms with van der Waals surface area (Å²) >= 11 is 0. The molecule has 1 heterocycles. The van der Waals surface area contributed by atoms with Crippen molar-refractivity contribution >= 4 is 35.7 Å². The van der Waals surface area contributed by atoms with Gasteiger partial charge in [0.25, 0.3) is 5.91 Å². The Bertz CT molecular complexity index is 776. The minimum Gasteiger partial charge on any atom is -0.399 e. The van der Waals surface area contributed by atoms with Crippen molar-refractivity contribution in [3.8, 4) is 0 Å². The first-order valence-electron chi connectivity index (χ1n) is 8.40. The second-order valence-corrected chi connectivity index (χ2v) is 6.13. The van der Waals surface area contributed by atoms with Gasteiger partial charge in [-0.15, -0.1) is 12.4 Å². The van der Waals surface area contributed by atoms with Gasteiger partial charge in [-0.25, -0.2) is 4.79 Å². The minimum absolute atomic E-state index is 0. The number of likely N-dealkylation sites (tertiary alicyclic amines) is 1. The monoisotopic (exact) mass is 374 g/mol. The van der Waals surface area contributed by atoms with E-state index in [1.54, 1.807) is 24.3 Å². The van der Waals surface area contributed by atoms with Crippen molar-refractivity contribution < 1.29 is 9.59 Å². The van der Waals surface area contributed by atoms with Gasteiger partial charge in [0, 0.05) is 36.6 Å². The maximum Gasteiger partial charge on any atom is 0.321 e. The summed E-state index contributed by atoms with van der Waals surface area (Å²) in [5.74, 6) is -0.182. The van der Waals surface area contributed by atoms with Crippen LogP contribution in [0, 0.1) is 0 Å². The highest BCUT2D eigenvalue weighted by molar-refractivity contribution is 5.95. The topological polar surface area (TPSA) is 87.5 Å². The molecular formula is C19H23ClN4O2. The summed E-state index contributed by atoms with van der Waals surface area (Å²) in [5.41, 5.74) is 8.42. The van der Waals surface area contributed by atoms with Gasteiger partial charge in [-0.1, -0.05) is 18.2 Å². The van der Waals surface area contributed by atoms with E-state index in [4.69, 9.17) is 5.73 Å². The highest BCUT2D eigenvalue weighted by atomic mass is 35.5. The zero-order valence-electron chi connectivity index (χ0n) is 14.4. The highest BCUT2D eigenvalue weighted by Crippen LogP contribution is 2.14. The molecule has 2 aromatic rings. The number of hydrogen-bond acceptors (Lipinski definition) is 3. The number of urea groups is 1. The molecule has 0 spiro atoms. The Balaban J connectivity index is 0.00000243. The van der Waals surface area contributed by atoms with Crippen molar-refractivity contribution in [1.82, 2.24) is 10.2 Å². The first-order valence-corrected chi connectivity index (χ1v) is 8.40. The second kappa shape index (κ2) is 9.10. The van der Waals surface area contributed by atoms with Gasteiger partial charge in [-0.2, -0.15) is 0 Å². The number of nitrogens with two attached hydrogens (primary N) is 1. The fourth-order valence-electron chi connectivity index (χ4n) is 2.85. The van der Waals surface area contributed by atoms with Crippen LogP contribution >= 0.6 is 12.4 Å². The predicted molar refractivity (Wildman–Crippen MR) is 106 cm³/mol. The van der Waals surface area contributed by atoms with Crippen molar-refractivity contribution in [2.45, 2.75) is 19.4 Å². The molecule has 0 aliphatic carbocycles. The average molecular weight is 375 g/mol. The van der Waals surface area contributed by atoms with E-state index in [0.717, 1.165) is 37.2 Å². The van der Waals surface area contributed by atoms with Crippen LogP contribution in [0.4, 0.5) is 16.2 Å². The Morgan fingerprint density at radius 1 is 1.04 bits per heavy atom. The number of anilines is 2. The minimum atomic E-state index is -0.182. The number of nitrogens with zero attached hydrogens (tertiary/aromatic N) is 1. The van der Waals surface area contributed by atoms with Crippen molar-refractivity contribution in [2.75, 3.05) is 24.1 Å². The van der Waals surface area contributed by atoms with Gasteiger partial charge in [0.2, 0.25) is 0 Å². The summed E-state index contributed by atoms with van der Waals surface area (Å²) in [7, 11) is 0. The Labute approximate surface area is 159 Å². The molecule has 0 atom stereocenters. The maximum absolute atomic E-state index is 12.2. The molecule has 1 aliphatic heterocycles. The number of nitrogens with one attached hydrogen (secondary N) is 2. The Kier molecular flexibility index (Phi) is 6.86. The normalized spacial score (nSPS) is 13.0. The molecule has 1 aliphatic rings. The molecule has 138 valence electrons. The number of nitrogen functional groups attached to an aromatic ring is 1. The maximum atomic E-state index is 12.2. The summed E-state index contributed by atoms with van der Waals surface area (Å²) < 4.78 is 0. The first-order chi connectivity index (χ1) is 12.1. The zero-order valence-corrected chi connectivity index (χ0v) is 15.2. The number of carbonyl (C=O) groups excluding carboxylic acids is 2. The van der Waals surface area contributed by atoms with Crippen LogP contribution < -0.4 is 16.4 Å². The number of halogens is 1. The van der Waals surface area contributed by atoms with E-state index < -0.39 is 0 Å². The molecule has 0 aromatic heterocycles.